The highest BCUT2D eigenvalue weighted by molar-refractivity contribution is 5.40. The first kappa shape index (κ1) is 47.0. The third-order valence-electron chi connectivity index (χ3n) is 11.1. The van der Waals surface area contributed by atoms with Crippen LogP contribution in [0.3, 0.4) is 0 Å². The summed E-state index contributed by atoms with van der Waals surface area (Å²) >= 11 is 0. The highest BCUT2D eigenvalue weighted by Gasteiger charge is 2.13. The smallest absolute Gasteiger partial charge is 0.250 e. The van der Waals surface area contributed by atoms with E-state index in [1.807, 2.05) is 52.5 Å². The molecule has 8 heteroatoms. The van der Waals surface area contributed by atoms with Crippen LogP contribution in [0.25, 0.3) is 0 Å². The first-order valence-electron chi connectivity index (χ1n) is 22.4. The molecule has 0 atom stereocenters. The summed E-state index contributed by atoms with van der Waals surface area (Å²) in [5.74, 6) is 3.47. The molecule has 3 aromatic carbocycles. The molecule has 0 N–H and O–H groups in total. The topological polar surface area (TPSA) is 73.8 Å². The second-order valence-corrected chi connectivity index (χ2v) is 17.6. The van der Waals surface area contributed by atoms with Crippen LogP contribution in [0.2, 0.25) is 0 Å². The minimum absolute atomic E-state index is 0.0421. The average molecular weight is 832 g/mol. The maximum absolute atomic E-state index is 11.6. The van der Waals surface area contributed by atoms with Gasteiger partial charge in [-0.3, -0.25) is 14.2 Å². The third-order valence-corrected chi connectivity index (χ3v) is 11.1. The normalized spacial score (nSPS) is 12.2. The number of anilines is 1. The number of hydrogen-bond donors (Lipinski definition) is 0. The molecular weight excluding hydrogens is 763 g/mol. The van der Waals surface area contributed by atoms with E-state index in [1.165, 1.54) is 64.9 Å². The van der Waals surface area contributed by atoms with Crippen LogP contribution in [0.5, 0.6) is 0 Å². The van der Waals surface area contributed by atoms with Crippen LogP contribution in [0.15, 0.2) is 151 Å². The largest absolute Gasteiger partial charge is 0.357 e. The van der Waals surface area contributed by atoms with Crippen LogP contribution in [-0.2, 0) is 19.6 Å². The number of hydrogen-bond acceptors (Lipinski definition) is 5. The lowest BCUT2D eigenvalue weighted by molar-refractivity contribution is 0.686. The summed E-state index contributed by atoms with van der Waals surface area (Å²) in [6.45, 7) is 24.4. The van der Waals surface area contributed by atoms with Crippen LogP contribution in [0.1, 0.15) is 136 Å². The first-order chi connectivity index (χ1) is 29.8. The molecule has 0 amide bonds. The van der Waals surface area contributed by atoms with E-state index >= 15 is 0 Å². The SMILES string of the molecule is CC(C)c1ccc(Cn2ccccc2=O)cc1.CC(C)c1ccc(Cn2cccn2)cc1.CC(C)c1ccc(N2CCCC2)nc1.Cc1cnn(Cc2ccc(C(C)C)cc2)c1. The lowest BCUT2D eigenvalue weighted by atomic mass is 10.0. The molecule has 1 saturated heterocycles. The van der Waals surface area contributed by atoms with Gasteiger partial charge < -0.3 is 9.47 Å². The maximum atomic E-state index is 11.6. The molecule has 1 aliphatic rings. The Bertz CT molecular complexity index is 2350. The summed E-state index contributed by atoms with van der Waals surface area (Å²) in [5, 5.41) is 8.47. The van der Waals surface area contributed by atoms with E-state index in [4.69, 9.17) is 0 Å². The van der Waals surface area contributed by atoms with Crippen LogP contribution in [0.4, 0.5) is 5.82 Å². The monoisotopic (exact) mass is 832 g/mol. The van der Waals surface area contributed by atoms with Gasteiger partial charge in [0.15, 0.2) is 0 Å². The van der Waals surface area contributed by atoms with Gasteiger partial charge in [0.2, 0.25) is 0 Å². The molecule has 8 rings (SSSR count). The molecule has 0 radical (unpaired) electrons. The van der Waals surface area contributed by atoms with Crippen molar-refractivity contribution in [3.63, 3.8) is 0 Å². The van der Waals surface area contributed by atoms with E-state index in [1.54, 1.807) is 16.7 Å². The minimum atomic E-state index is 0.0421. The Morgan fingerprint density at radius 1 is 0.516 bits per heavy atom. The Kier molecular flexibility index (Phi) is 18.1. The van der Waals surface area contributed by atoms with Crippen LogP contribution >= 0.6 is 0 Å². The van der Waals surface area contributed by atoms with Crippen LogP contribution < -0.4 is 10.5 Å². The molecule has 4 aromatic heterocycles. The molecule has 0 saturated carbocycles. The predicted octanol–water partition coefficient (Wildman–Crippen LogP) is 12.2. The molecule has 0 unspecified atom stereocenters. The van der Waals surface area contributed by atoms with Gasteiger partial charge >= 0.3 is 0 Å². The summed E-state index contributed by atoms with van der Waals surface area (Å²) in [6, 6.07) is 37.5. The number of rotatable bonds is 11. The van der Waals surface area contributed by atoms with E-state index in [-0.39, 0.29) is 5.56 Å². The molecule has 8 nitrogen and oxygen atoms in total. The summed E-state index contributed by atoms with van der Waals surface area (Å²) in [6.07, 6.45) is 14.2. The van der Waals surface area contributed by atoms with Crippen LogP contribution in [0, 0.1) is 6.92 Å². The van der Waals surface area contributed by atoms with E-state index in [0.717, 1.165) is 24.5 Å². The molecule has 0 aliphatic carbocycles. The Balaban J connectivity index is 0.000000156. The van der Waals surface area contributed by atoms with Gasteiger partial charge in [0, 0.05) is 50.1 Å². The van der Waals surface area contributed by atoms with Crippen molar-refractivity contribution in [2.24, 2.45) is 0 Å². The van der Waals surface area contributed by atoms with Gasteiger partial charge in [-0.15, -0.1) is 0 Å². The summed E-state index contributed by atoms with van der Waals surface area (Å²) in [5.41, 5.74) is 10.4. The van der Waals surface area contributed by atoms with Crippen molar-refractivity contribution in [3.8, 4) is 0 Å². The Labute approximate surface area is 371 Å². The van der Waals surface area contributed by atoms with Crippen molar-refractivity contribution in [2.75, 3.05) is 18.0 Å². The van der Waals surface area contributed by atoms with Crippen molar-refractivity contribution in [3.05, 3.63) is 201 Å². The number of benzene rings is 3. The number of aromatic nitrogens is 6. The third kappa shape index (κ3) is 15.2. The zero-order valence-corrected chi connectivity index (χ0v) is 38.7. The van der Waals surface area contributed by atoms with E-state index in [9.17, 15) is 4.79 Å². The number of aryl methyl sites for hydroxylation is 1. The summed E-state index contributed by atoms with van der Waals surface area (Å²) in [4.78, 5) is 18.4. The van der Waals surface area contributed by atoms with Gasteiger partial charge in [-0.25, -0.2) is 4.98 Å². The Morgan fingerprint density at radius 3 is 1.44 bits per heavy atom. The maximum Gasteiger partial charge on any atom is 0.250 e. The van der Waals surface area contributed by atoms with E-state index in [0.29, 0.717) is 30.2 Å². The molecule has 0 bridgehead atoms. The predicted molar refractivity (Wildman–Crippen MR) is 259 cm³/mol. The van der Waals surface area contributed by atoms with Gasteiger partial charge in [0.1, 0.15) is 5.82 Å². The first-order valence-corrected chi connectivity index (χ1v) is 22.4. The Morgan fingerprint density at radius 2 is 1.02 bits per heavy atom. The molecule has 1 aliphatic heterocycles. The van der Waals surface area contributed by atoms with Crippen molar-refractivity contribution in [1.29, 1.82) is 0 Å². The van der Waals surface area contributed by atoms with Crippen molar-refractivity contribution >= 4 is 5.82 Å². The quantitative estimate of drug-likeness (QED) is 0.130. The zero-order valence-electron chi connectivity index (χ0n) is 38.7. The lowest BCUT2D eigenvalue weighted by Gasteiger charge is -2.16. The highest BCUT2D eigenvalue weighted by atomic mass is 16.1. The van der Waals surface area contributed by atoms with Crippen molar-refractivity contribution in [2.45, 2.75) is 118 Å². The highest BCUT2D eigenvalue weighted by Crippen LogP contribution is 2.21. The second kappa shape index (κ2) is 23.8. The van der Waals surface area contributed by atoms with Crippen molar-refractivity contribution < 1.29 is 0 Å². The fraction of sp³-hybridized carbons (Fsp3) is 0.370. The fourth-order valence-corrected chi connectivity index (χ4v) is 7.01. The lowest BCUT2D eigenvalue weighted by Crippen LogP contribution is -2.18. The average Bonchev–Trinajstić information content (AvgIpc) is 4.08. The number of pyridine rings is 2. The standard InChI is InChI=1S/C15H17NO.C14H18N2.C13H16N2.C12H18N2/c1-12(2)14-8-6-13(7-9-14)11-16-10-4-3-5-15(16)17;1-11(2)14-6-4-13(5-7-14)10-16-9-12(3)8-15-16;1-11(2)13-6-4-12(5-7-13)10-15-9-3-8-14-15;1-10(2)11-5-6-12(13-9-11)14-7-3-4-8-14/h3-10,12H,11H2,1-2H3;4-9,11H,10H2,1-3H3;3-9,11H,10H2,1-2H3;5-6,9-10H,3-4,7-8H2,1-2H3. The van der Waals surface area contributed by atoms with Gasteiger partial charge in [0.25, 0.3) is 5.56 Å². The van der Waals surface area contributed by atoms with Crippen molar-refractivity contribution in [1.82, 2.24) is 29.1 Å². The van der Waals surface area contributed by atoms with Gasteiger partial charge in [-0.2, -0.15) is 10.2 Å². The Hall–Kier alpha value is -6.02. The summed E-state index contributed by atoms with van der Waals surface area (Å²) < 4.78 is 5.62. The fourth-order valence-electron chi connectivity index (χ4n) is 7.01. The summed E-state index contributed by atoms with van der Waals surface area (Å²) in [7, 11) is 0. The van der Waals surface area contributed by atoms with Gasteiger partial charge in [-0.1, -0.05) is 140 Å². The number of nitrogens with zero attached hydrogens (tertiary/aromatic N) is 7. The van der Waals surface area contributed by atoms with E-state index < -0.39 is 0 Å². The minimum Gasteiger partial charge on any atom is -0.357 e. The molecule has 0 spiro atoms. The van der Waals surface area contributed by atoms with Crippen LogP contribution in [-0.4, -0.2) is 42.2 Å². The molecule has 62 heavy (non-hydrogen) atoms. The molecular formula is C54H69N7O. The second-order valence-electron chi connectivity index (χ2n) is 17.6. The van der Waals surface area contributed by atoms with E-state index in [2.05, 4.69) is 174 Å². The zero-order chi connectivity index (χ0) is 44.4. The van der Waals surface area contributed by atoms with Gasteiger partial charge in [-0.05, 0) is 106 Å². The molecule has 1 fully saturated rings. The van der Waals surface area contributed by atoms with Gasteiger partial charge in [0.05, 0.1) is 25.8 Å². The molecule has 5 heterocycles. The molecule has 326 valence electrons. The molecule has 7 aromatic rings.